The second-order valence-corrected chi connectivity index (χ2v) is 34.3. The van der Waals surface area contributed by atoms with Gasteiger partial charge in [0.25, 0.3) is 0 Å². The van der Waals surface area contributed by atoms with E-state index in [0.717, 1.165) is 199 Å². The Labute approximate surface area is 737 Å². The first kappa shape index (κ1) is 115. The second-order valence-electron chi connectivity index (χ2n) is 31.4. The Kier molecular flexibility index (Phi) is 89.2. The lowest BCUT2D eigenvalue weighted by molar-refractivity contribution is -0.161. The SMILES string of the molecule is CC/C=C\C/C=C\C/C=C\C/C=C\C/C=C\C/C=C\CCCCCCCCCCC(=O)OCC(COP(=O)(O)OCC(O)COP(=O)(O)OCC(O)COC(=O)CCCCCCCCCCCCCCCCC/C=C\C/C=C\C/C=C\C/C=C\C/C=C\CC)OC(=O)CCCCCCCCCCCCC/C=C\C/C=C\C/C=C\C/C=C\C/C=C\CC. The van der Waals surface area contributed by atoms with Crippen LogP contribution >= 0.6 is 15.6 Å². The van der Waals surface area contributed by atoms with Gasteiger partial charge in [-0.15, -0.1) is 0 Å². The molecule has 0 radical (unpaired) electrons. The number of rotatable bonds is 89. The van der Waals surface area contributed by atoms with Gasteiger partial charge in [0.1, 0.15) is 25.4 Å². The Hall–Kier alpha value is -5.61. The van der Waals surface area contributed by atoms with Crippen LogP contribution in [0.15, 0.2) is 194 Å². The van der Waals surface area contributed by atoms with Crippen molar-refractivity contribution in [2.45, 2.75) is 399 Å². The number of esters is 3. The number of phosphoric acid groups is 2. The van der Waals surface area contributed by atoms with Crippen LogP contribution in [0.2, 0.25) is 0 Å². The second kappa shape index (κ2) is 93.5. The zero-order chi connectivity index (χ0) is 87.9. The Balaban J connectivity index is 4.65. The van der Waals surface area contributed by atoms with E-state index in [1.54, 1.807) is 0 Å². The molecule has 0 amide bonds. The number of unbranched alkanes of at least 4 members (excludes halogenated alkanes) is 34. The van der Waals surface area contributed by atoms with Crippen molar-refractivity contribution in [2.24, 2.45) is 0 Å². The minimum atomic E-state index is -4.95. The summed E-state index contributed by atoms with van der Waals surface area (Å²) in [6, 6.07) is 0. The Morgan fingerprint density at radius 2 is 0.413 bits per heavy atom. The van der Waals surface area contributed by atoms with Gasteiger partial charge < -0.3 is 34.2 Å². The molecule has 0 aromatic carbocycles. The predicted molar refractivity (Wildman–Crippen MR) is 509 cm³/mol. The molecule has 5 atom stereocenters. The molecule has 0 saturated carbocycles. The lowest BCUT2D eigenvalue weighted by Gasteiger charge is -2.21. The van der Waals surface area contributed by atoms with E-state index in [4.69, 9.17) is 32.3 Å². The fraction of sp³-hybridized carbons (Fsp3) is 0.660. The molecule has 0 aliphatic carbocycles. The maximum absolute atomic E-state index is 13.1. The van der Waals surface area contributed by atoms with Gasteiger partial charge in [0.2, 0.25) is 0 Å². The number of allylic oxidation sites excluding steroid dienone is 32. The maximum Gasteiger partial charge on any atom is 0.472 e. The number of phosphoric ester groups is 2. The highest BCUT2D eigenvalue weighted by Gasteiger charge is 2.30. The number of carbonyl (C=O) groups is 3. The molecular weight excluding hydrogens is 1560 g/mol. The summed E-state index contributed by atoms with van der Waals surface area (Å²) < 4.78 is 61.6. The molecule has 121 heavy (non-hydrogen) atoms. The van der Waals surface area contributed by atoms with Crippen LogP contribution in [0.3, 0.4) is 0 Å². The van der Waals surface area contributed by atoms with Gasteiger partial charge in [-0.2, -0.15) is 0 Å². The van der Waals surface area contributed by atoms with Gasteiger partial charge in [0.15, 0.2) is 6.10 Å². The lowest BCUT2D eigenvalue weighted by Crippen LogP contribution is -2.30. The summed E-state index contributed by atoms with van der Waals surface area (Å²) in [5, 5.41) is 20.8. The highest BCUT2D eigenvalue weighted by atomic mass is 31.2. The molecule has 0 saturated heterocycles. The van der Waals surface area contributed by atoms with Crippen molar-refractivity contribution >= 4 is 33.6 Å². The molecule has 690 valence electrons. The molecular formula is C103H172O16P2. The first-order chi connectivity index (χ1) is 59.2. The normalized spacial score (nSPS) is 14.6. The van der Waals surface area contributed by atoms with Crippen molar-refractivity contribution in [3.05, 3.63) is 194 Å². The van der Waals surface area contributed by atoms with Crippen molar-refractivity contribution in [3.63, 3.8) is 0 Å². The summed E-state index contributed by atoms with van der Waals surface area (Å²) >= 11 is 0. The molecule has 4 N–H and O–H groups in total. The molecule has 0 fully saturated rings. The molecule has 0 bridgehead atoms. The Bertz CT molecular complexity index is 2980. The molecule has 0 spiro atoms. The van der Waals surface area contributed by atoms with Gasteiger partial charge in [-0.05, 0) is 161 Å². The van der Waals surface area contributed by atoms with E-state index in [2.05, 4.69) is 215 Å². The van der Waals surface area contributed by atoms with E-state index in [0.29, 0.717) is 19.3 Å². The molecule has 0 rings (SSSR count). The van der Waals surface area contributed by atoms with Gasteiger partial charge in [-0.3, -0.25) is 32.5 Å². The zero-order valence-electron chi connectivity index (χ0n) is 76.1. The van der Waals surface area contributed by atoms with E-state index >= 15 is 0 Å². The van der Waals surface area contributed by atoms with Crippen LogP contribution in [0.1, 0.15) is 380 Å². The van der Waals surface area contributed by atoms with Crippen LogP contribution < -0.4 is 0 Å². The Morgan fingerprint density at radius 1 is 0.231 bits per heavy atom. The number of ether oxygens (including phenoxy) is 3. The molecule has 16 nitrogen and oxygen atoms in total. The standard InChI is InChI=1S/C103H172O16P2/c1-4-7-10-13-16-19-22-25-28-31-34-37-40-43-46-47-48-49-52-54-56-59-62-65-68-71-74-77-80-83-86-89-101(106)113-92-98(104)93-115-120(109,110)116-94-99(105)95-117-121(111,112)118-97-100(119-103(108)91-88-85-82-79-76-73-70-67-64-61-58-55-51-45-42-39-36-33-30-27-24-21-18-15-12-9-6-3)96-114-102(107)90-87-84-81-78-75-72-69-66-63-60-57-53-50-44-41-38-35-32-29-26-23-20-17-14-11-8-5-2/h7-12,16-21,25-30,34-39,43-46,50-51,57,60,98-100,104-105H,4-6,13-15,22-24,31-33,40-42,47-49,52-56,58-59,61-97H2,1-3H3,(H,109,110)(H,111,112)/b10-7-,11-8-,12-9-,19-16-,20-17-,21-18-,28-25-,29-26-,30-27-,37-34-,38-35-,39-36-,46-43-,50-44-,51-45-,60-57-. The highest BCUT2D eigenvalue weighted by Crippen LogP contribution is 2.45. The van der Waals surface area contributed by atoms with Crippen LogP contribution in [-0.4, -0.2) is 95.9 Å². The van der Waals surface area contributed by atoms with Crippen LogP contribution in [0.4, 0.5) is 0 Å². The van der Waals surface area contributed by atoms with E-state index in [1.165, 1.54) is 122 Å². The predicted octanol–water partition coefficient (Wildman–Crippen LogP) is 29.8. The van der Waals surface area contributed by atoms with Crippen LogP contribution in [0.25, 0.3) is 0 Å². The number of aliphatic hydroxyl groups excluding tert-OH is 2. The van der Waals surface area contributed by atoms with Crippen molar-refractivity contribution < 1.29 is 75.8 Å². The molecule has 0 heterocycles. The van der Waals surface area contributed by atoms with E-state index in [9.17, 15) is 43.5 Å². The topological polar surface area (TPSA) is 231 Å². The van der Waals surface area contributed by atoms with Gasteiger partial charge in [-0.25, -0.2) is 9.13 Å². The molecule has 0 aromatic heterocycles. The maximum atomic E-state index is 13.1. The average molecular weight is 1730 g/mol. The number of hydrogen-bond donors (Lipinski definition) is 4. The summed E-state index contributed by atoms with van der Waals surface area (Å²) in [4.78, 5) is 59.1. The van der Waals surface area contributed by atoms with Gasteiger partial charge in [-0.1, -0.05) is 395 Å². The van der Waals surface area contributed by atoms with Crippen molar-refractivity contribution in [1.82, 2.24) is 0 Å². The highest BCUT2D eigenvalue weighted by molar-refractivity contribution is 7.47. The summed E-state index contributed by atoms with van der Waals surface area (Å²) in [6.07, 6.45) is 125. The van der Waals surface area contributed by atoms with Crippen molar-refractivity contribution in [1.29, 1.82) is 0 Å². The summed E-state index contributed by atoms with van der Waals surface area (Å²) in [6.45, 7) is 2.37. The van der Waals surface area contributed by atoms with Gasteiger partial charge in [0, 0.05) is 19.3 Å². The first-order valence-electron chi connectivity index (χ1n) is 47.7. The minimum absolute atomic E-state index is 0.0922. The minimum Gasteiger partial charge on any atom is -0.463 e. The van der Waals surface area contributed by atoms with Crippen LogP contribution in [0.5, 0.6) is 0 Å². The lowest BCUT2D eigenvalue weighted by atomic mass is 10.0. The monoisotopic (exact) mass is 1730 g/mol. The third-order valence-corrected chi connectivity index (χ3v) is 21.7. The largest absolute Gasteiger partial charge is 0.472 e. The van der Waals surface area contributed by atoms with E-state index < -0.39 is 91.5 Å². The molecule has 18 heteroatoms. The molecule has 0 aliphatic rings. The number of carbonyl (C=O) groups excluding carboxylic acids is 3. The average Bonchev–Trinajstić information content (AvgIpc) is 0.894. The van der Waals surface area contributed by atoms with E-state index in [-0.39, 0.29) is 19.3 Å². The number of hydrogen-bond acceptors (Lipinski definition) is 14. The van der Waals surface area contributed by atoms with Crippen LogP contribution in [-0.2, 0) is 55.8 Å². The quantitative estimate of drug-likeness (QED) is 0.0146. The molecule has 0 aromatic rings. The fourth-order valence-electron chi connectivity index (χ4n) is 12.7. The number of aliphatic hydroxyl groups is 2. The van der Waals surface area contributed by atoms with Crippen molar-refractivity contribution in [3.8, 4) is 0 Å². The smallest absolute Gasteiger partial charge is 0.463 e. The summed E-state index contributed by atoms with van der Waals surface area (Å²) in [7, 11) is -9.82. The van der Waals surface area contributed by atoms with E-state index in [1.807, 2.05) is 0 Å². The summed E-state index contributed by atoms with van der Waals surface area (Å²) in [5.41, 5.74) is 0. The third-order valence-electron chi connectivity index (χ3n) is 19.8. The fourth-order valence-corrected chi connectivity index (χ4v) is 14.3. The van der Waals surface area contributed by atoms with Crippen molar-refractivity contribution in [2.75, 3.05) is 39.6 Å². The molecule has 0 aliphatic heterocycles. The summed E-state index contributed by atoms with van der Waals surface area (Å²) in [5.74, 6) is -1.58. The van der Waals surface area contributed by atoms with Crippen LogP contribution in [0, 0.1) is 0 Å². The Morgan fingerprint density at radius 3 is 0.653 bits per heavy atom. The molecule has 5 unspecified atom stereocenters. The third kappa shape index (κ3) is 94.9. The van der Waals surface area contributed by atoms with Gasteiger partial charge >= 0.3 is 33.6 Å². The first-order valence-corrected chi connectivity index (χ1v) is 50.7. The van der Waals surface area contributed by atoms with Gasteiger partial charge in [0.05, 0.1) is 26.4 Å². The zero-order valence-corrected chi connectivity index (χ0v) is 77.9.